The molecule has 2 heterocycles. The predicted molar refractivity (Wildman–Crippen MR) is 110 cm³/mol. The van der Waals surface area contributed by atoms with Crippen LogP contribution in [-0.4, -0.2) is 38.2 Å². The molecule has 0 bridgehead atoms. The maximum absolute atomic E-state index is 12.3. The molecule has 1 atom stereocenters. The van der Waals surface area contributed by atoms with Crippen LogP contribution in [0.1, 0.15) is 23.9 Å². The molecule has 1 aliphatic heterocycles. The van der Waals surface area contributed by atoms with Gasteiger partial charge in [0.15, 0.2) is 5.82 Å². The Labute approximate surface area is 177 Å². The van der Waals surface area contributed by atoms with Crippen LogP contribution in [0.5, 0.6) is 0 Å². The summed E-state index contributed by atoms with van der Waals surface area (Å²) >= 11 is 0. The third-order valence-electron chi connectivity index (χ3n) is 5.00. The van der Waals surface area contributed by atoms with Crippen LogP contribution in [0.15, 0.2) is 48.5 Å². The smallest absolute Gasteiger partial charge is 0.322 e. The molecule has 2 aromatic carbocycles. The molecule has 3 aromatic rings. The number of aryl methyl sites for hydroxylation is 1. The molecule has 0 aliphatic carbocycles. The minimum atomic E-state index is -1.11. The van der Waals surface area contributed by atoms with Crippen molar-refractivity contribution >= 4 is 23.7 Å². The minimum Gasteiger partial charge on any atom is -0.334 e. The standard InChI is InChI=1S/C20H20N8O3/c1-12-25-26-27-28(12)16-5-3-4-15(10-16)22-18(30)21-11-13-6-8-14(9-7-13)20(2)17(29)23-19(31)24-20/h3-10H,11H2,1-2H3,(H2,21,22,30)(H2,23,24,29,31). The number of aromatic nitrogens is 4. The predicted octanol–water partition coefficient (Wildman–Crippen LogP) is 1.35. The number of tetrazole rings is 1. The second-order valence-corrected chi connectivity index (χ2v) is 7.23. The van der Waals surface area contributed by atoms with Crippen LogP contribution < -0.4 is 21.3 Å². The summed E-state index contributed by atoms with van der Waals surface area (Å²) in [5.41, 5.74) is 1.70. The van der Waals surface area contributed by atoms with Crippen LogP contribution in [0.25, 0.3) is 5.69 Å². The first-order valence-electron chi connectivity index (χ1n) is 9.48. The van der Waals surface area contributed by atoms with Crippen molar-refractivity contribution in [3.05, 3.63) is 65.5 Å². The Kier molecular flexibility index (Phi) is 5.07. The number of carbonyl (C=O) groups is 3. The summed E-state index contributed by atoms with van der Waals surface area (Å²) in [7, 11) is 0. The number of hydrogen-bond donors (Lipinski definition) is 4. The monoisotopic (exact) mass is 420 g/mol. The van der Waals surface area contributed by atoms with Crippen LogP contribution in [-0.2, 0) is 16.9 Å². The molecule has 4 N–H and O–H groups in total. The largest absolute Gasteiger partial charge is 0.334 e. The molecule has 0 radical (unpaired) electrons. The van der Waals surface area contributed by atoms with Gasteiger partial charge in [0.25, 0.3) is 5.91 Å². The fourth-order valence-electron chi connectivity index (χ4n) is 3.25. The molecule has 158 valence electrons. The number of nitrogens with zero attached hydrogens (tertiary/aromatic N) is 4. The number of anilines is 1. The van der Waals surface area contributed by atoms with Crippen molar-refractivity contribution in [2.45, 2.75) is 25.9 Å². The Morgan fingerprint density at radius 3 is 2.58 bits per heavy atom. The lowest BCUT2D eigenvalue weighted by Gasteiger charge is -2.21. The molecule has 0 spiro atoms. The molecule has 1 aliphatic rings. The topological polar surface area (TPSA) is 143 Å². The molecule has 1 fully saturated rings. The summed E-state index contributed by atoms with van der Waals surface area (Å²) in [6, 6.07) is 13.3. The number of nitrogens with one attached hydrogen (secondary N) is 4. The summed E-state index contributed by atoms with van der Waals surface area (Å²) in [5, 5.41) is 21.8. The van der Waals surface area contributed by atoms with Gasteiger partial charge in [0.1, 0.15) is 5.54 Å². The van der Waals surface area contributed by atoms with E-state index in [-0.39, 0.29) is 12.6 Å². The second kappa shape index (κ2) is 7.86. The number of rotatable bonds is 5. The molecule has 31 heavy (non-hydrogen) atoms. The van der Waals surface area contributed by atoms with E-state index in [9.17, 15) is 14.4 Å². The Hall–Kier alpha value is -4.28. The summed E-state index contributed by atoms with van der Waals surface area (Å²) in [5.74, 6) is 0.232. The Balaban J connectivity index is 1.36. The normalized spacial score (nSPS) is 17.7. The van der Waals surface area contributed by atoms with Gasteiger partial charge in [-0.2, -0.15) is 4.68 Å². The number of carbonyl (C=O) groups excluding carboxylic acids is 3. The van der Waals surface area contributed by atoms with E-state index in [0.717, 1.165) is 11.3 Å². The highest BCUT2D eigenvalue weighted by Gasteiger charge is 2.43. The van der Waals surface area contributed by atoms with Crippen molar-refractivity contribution in [3.63, 3.8) is 0 Å². The zero-order valence-electron chi connectivity index (χ0n) is 16.8. The van der Waals surface area contributed by atoms with Crippen molar-refractivity contribution in [3.8, 4) is 5.69 Å². The summed E-state index contributed by atoms with van der Waals surface area (Å²) in [6.45, 7) is 3.71. The van der Waals surface area contributed by atoms with Gasteiger partial charge >= 0.3 is 12.1 Å². The van der Waals surface area contributed by atoms with Crippen LogP contribution in [0.3, 0.4) is 0 Å². The molecular weight excluding hydrogens is 400 g/mol. The quantitative estimate of drug-likeness (QED) is 0.459. The van der Waals surface area contributed by atoms with Gasteiger partial charge in [-0.25, -0.2) is 9.59 Å². The molecule has 4 rings (SSSR count). The van der Waals surface area contributed by atoms with Gasteiger partial charge in [-0.15, -0.1) is 5.10 Å². The highest BCUT2D eigenvalue weighted by Crippen LogP contribution is 2.24. The van der Waals surface area contributed by atoms with Crippen molar-refractivity contribution in [2.75, 3.05) is 5.32 Å². The van der Waals surface area contributed by atoms with Crippen molar-refractivity contribution in [1.82, 2.24) is 36.2 Å². The third-order valence-corrected chi connectivity index (χ3v) is 5.00. The van der Waals surface area contributed by atoms with Crippen molar-refractivity contribution in [2.24, 2.45) is 0 Å². The van der Waals surface area contributed by atoms with E-state index in [2.05, 4.69) is 36.8 Å². The molecule has 11 nitrogen and oxygen atoms in total. The highest BCUT2D eigenvalue weighted by atomic mass is 16.2. The van der Waals surface area contributed by atoms with E-state index < -0.39 is 17.5 Å². The number of amides is 5. The van der Waals surface area contributed by atoms with E-state index in [1.807, 2.05) is 6.07 Å². The SMILES string of the molecule is Cc1nnnn1-c1cccc(NC(=O)NCc2ccc(C3(C)NC(=O)NC3=O)cc2)c1. The van der Waals surface area contributed by atoms with E-state index in [1.165, 1.54) is 0 Å². The minimum absolute atomic E-state index is 0.285. The Morgan fingerprint density at radius 1 is 1.16 bits per heavy atom. The van der Waals surface area contributed by atoms with E-state index in [0.29, 0.717) is 17.1 Å². The summed E-state index contributed by atoms with van der Waals surface area (Å²) in [6.07, 6.45) is 0. The first-order valence-corrected chi connectivity index (χ1v) is 9.48. The van der Waals surface area contributed by atoms with Crippen molar-refractivity contribution < 1.29 is 14.4 Å². The lowest BCUT2D eigenvalue weighted by Crippen LogP contribution is -2.40. The van der Waals surface area contributed by atoms with Gasteiger partial charge in [0.05, 0.1) is 5.69 Å². The number of hydrogen-bond acceptors (Lipinski definition) is 6. The highest BCUT2D eigenvalue weighted by molar-refractivity contribution is 6.07. The van der Waals surface area contributed by atoms with E-state index >= 15 is 0 Å². The fraction of sp³-hybridized carbons (Fsp3) is 0.200. The van der Waals surface area contributed by atoms with Crippen LogP contribution in [0.2, 0.25) is 0 Å². The summed E-state index contributed by atoms with van der Waals surface area (Å²) in [4.78, 5) is 35.7. The number of imide groups is 1. The van der Waals surface area contributed by atoms with Gasteiger partial charge in [-0.05, 0) is 53.6 Å². The molecule has 5 amide bonds. The van der Waals surface area contributed by atoms with Gasteiger partial charge < -0.3 is 16.0 Å². The molecule has 0 saturated carbocycles. The van der Waals surface area contributed by atoms with Gasteiger partial charge in [0.2, 0.25) is 0 Å². The van der Waals surface area contributed by atoms with E-state index in [4.69, 9.17) is 0 Å². The summed E-state index contributed by atoms with van der Waals surface area (Å²) < 4.78 is 1.57. The zero-order valence-corrected chi connectivity index (χ0v) is 16.8. The van der Waals surface area contributed by atoms with Crippen LogP contribution in [0.4, 0.5) is 15.3 Å². The maximum Gasteiger partial charge on any atom is 0.322 e. The lowest BCUT2D eigenvalue weighted by atomic mass is 9.91. The van der Waals surface area contributed by atoms with E-state index in [1.54, 1.807) is 61.0 Å². The maximum atomic E-state index is 12.3. The second-order valence-electron chi connectivity index (χ2n) is 7.23. The third kappa shape index (κ3) is 4.06. The van der Waals surface area contributed by atoms with Gasteiger partial charge in [-0.1, -0.05) is 30.3 Å². The Bertz CT molecular complexity index is 1160. The average molecular weight is 420 g/mol. The first kappa shape index (κ1) is 20.0. The lowest BCUT2D eigenvalue weighted by molar-refractivity contribution is -0.123. The fourth-order valence-corrected chi connectivity index (χ4v) is 3.25. The number of benzene rings is 2. The zero-order chi connectivity index (χ0) is 22.0. The molecule has 11 heteroatoms. The molecule has 1 unspecified atom stereocenters. The van der Waals surface area contributed by atoms with Crippen molar-refractivity contribution in [1.29, 1.82) is 0 Å². The van der Waals surface area contributed by atoms with Crippen LogP contribution >= 0.6 is 0 Å². The van der Waals surface area contributed by atoms with Crippen LogP contribution in [0, 0.1) is 6.92 Å². The Morgan fingerprint density at radius 2 is 1.94 bits per heavy atom. The molecular formula is C20H20N8O3. The molecule has 1 aromatic heterocycles. The average Bonchev–Trinajstić information content (AvgIpc) is 3.29. The first-order chi connectivity index (χ1) is 14.8. The molecule has 1 saturated heterocycles. The van der Waals surface area contributed by atoms with Gasteiger partial charge in [-0.3, -0.25) is 10.1 Å². The van der Waals surface area contributed by atoms with Gasteiger partial charge in [0, 0.05) is 12.2 Å². The number of urea groups is 2.